The number of fused-ring (bicyclic) bond motifs is 3. The smallest absolute Gasteiger partial charge is 0.255 e. The van der Waals surface area contributed by atoms with Crippen LogP contribution in [0.15, 0.2) is 42.5 Å². The van der Waals surface area contributed by atoms with Gasteiger partial charge in [-0.2, -0.15) is 0 Å². The maximum atomic E-state index is 12.6. The van der Waals surface area contributed by atoms with E-state index in [9.17, 15) is 9.59 Å². The van der Waals surface area contributed by atoms with Crippen LogP contribution in [0.2, 0.25) is 0 Å². The largest absolute Gasteiger partial charge is 0.358 e. The van der Waals surface area contributed by atoms with Gasteiger partial charge in [-0.3, -0.25) is 9.59 Å². The standard InChI is InChI=1S/C20H21N3O2/c1-2-13-6-3-4-7-15(13)21-19(24)14-9-10-17-16(12-14)22-20(25)18-8-5-11-23(17)18/h3-4,6-7,9-10,12,18H,2,5,8,11H2,1H3,(H,21,24)(H,22,25)/t18-/m0/s1. The molecule has 5 nitrogen and oxygen atoms in total. The first-order chi connectivity index (χ1) is 12.2. The van der Waals surface area contributed by atoms with Gasteiger partial charge < -0.3 is 15.5 Å². The van der Waals surface area contributed by atoms with Gasteiger partial charge >= 0.3 is 0 Å². The molecule has 1 atom stereocenters. The number of benzene rings is 2. The van der Waals surface area contributed by atoms with Gasteiger partial charge in [0.05, 0.1) is 11.4 Å². The molecule has 2 aliphatic heterocycles. The molecule has 25 heavy (non-hydrogen) atoms. The van der Waals surface area contributed by atoms with E-state index < -0.39 is 0 Å². The number of rotatable bonds is 3. The Morgan fingerprint density at radius 3 is 2.96 bits per heavy atom. The third kappa shape index (κ3) is 2.76. The molecule has 1 fully saturated rings. The van der Waals surface area contributed by atoms with Crippen molar-refractivity contribution in [2.24, 2.45) is 0 Å². The molecule has 2 aromatic carbocycles. The molecule has 1 saturated heterocycles. The van der Waals surface area contributed by atoms with E-state index in [1.807, 2.05) is 36.4 Å². The molecule has 0 saturated carbocycles. The molecule has 0 bridgehead atoms. The highest BCUT2D eigenvalue weighted by molar-refractivity contribution is 6.09. The molecule has 0 aliphatic carbocycles. The predicted octanol–water partition coefficient (Wildman–Crippen LogP) is 3.42. The Balaban J connectivity index is 1.61. The third-order valence-electron chi connectivity index (χ3n) is 5.03. The molecule has 4 rings (SSSR count). The average Bonchev–Trinajstić information content (AvgIpc) is 3.12. The first-order valence-corrected chi connectivity index (χ1v) is 8.78. The van der Waals surface area contributed by atoms with Crippen LogP contribution in [-0.4, -0.2) is 24.4 Å². The molecule has 2 N–H and O–H groups in total. The molecular weight excluding hydrogens is 314 g/mol. The molecule has 0 aromatic heterocycles. The van der Waals surface area contributed by atoms with E-state index in [0.29, 0.717) is 5.56 Å². The number of carbonyl (C=O) groups is 2. The minimum Gasteiger partial charge on any atom is -0.358 e. The molecule has 2 aliphatic rings. The minimum absolute atomic E-state index is 0.0267. The predicted molar refractivity (Wildman–Crippen MR) is 99.2 cm³/mol. The summed E-state index contributed by atoms with van der Waals surface area (Å²) >= 11 is 0. The van der Waals surface area contributed by atoms with E-state index in [2.05, 4.69) is 22.5 Å². The lowest BCUT2D eigenvalue weighted by molar-refractivity contribution is -0.117. The van der Waals surface area contributed by atoms with E-state index in [-0.39, 0.29) is 17.9 Å². The van der Waals surface area contributed by atoms with Gasteiger partial charge in [-0.25, -0.2) is 0 Å². The summed E-state index contributed by atoms with van der Waals surface area (Å²) in [5, 5.41) is 5.93. The van der Waals surface area contributed by atoms with Crippen LogP contribution in [0.3, 0.4) is 0 Å². The number of para-hydroxylation sites is 1. The Morgan fingerprint density at radius 2 is 2.12 bits per heavy atom. The maximum Gasteiger partial charge on any atom is 0.255 e. The lowest BCUT2D eigenvalue weighted by atomic mass is 10.1. The van der Waals surface area contributed by atoms with Gasteiger partial charge in [-0.1, -0.05) is 25.1 Å². The van der Waals surface area contributed by atoms with Gasteiger partial charge in [0.2, 0.25) is 5.91 Å². The number of nitrogens with zero attached hydrogens (tertiary/aromatic N) is 1. The molecule has 0 unspecified atom stereocenters. The van der Waals surface area contributed by atoms with E-state index in [4.69, 9.17) is 0 Å². The van der Waals surface area contributed by atoms with Gasteiger partial charge in [-0.15, -0.1) is 0 Å². The van der Waals surface area contributed by atoms with Gasteiger partial charge in [0.15, 0.2) is 0 Å². The lowest BCUT2D eigenvalue weighted by Crippen LogP contribution is -2.43. The molecule has 0 radical (unpaired) electrons. The van der Waals surface area contributed by atoms with Crippen LogP contribution in [0.4, 0.5) is 17.1 Å². The van der Waals surface area contributed by atoms with Crippen LogP contribution in [0, 0.1) is 0 Å². The zero-order chi connectivity index (χ0) is 17.4. The SMILES string of the molecule is CCc1ccccc1NC(=O)c1ccc2c(c1)NC(=O)[C@@H]1CCCN21. The second-order valence-corrected chi connectivity index (χ2v) is 6.54. The topological polar surface area (TPSA) is 61.4 Å². The van der Waals surface area contributed by atoms with Crippen LogP contribution in [0.5, 0.6) is 0 Å². The zero-order valence-electron chi connectivity index (χ0n) is 14.2. The fourth-order valence-corrected chi connectivity index (χ4v) is 3.72. The van der Waals surface area contributed by atoms with Crippen molar-refractivity contribution >= 4 is 28.9 Å². The molecule has 2 amide bonds. The Labute approximate surface area is 147 Å². The zero-order valence-corrected chi connectivity index (χ0v) is 14.2. The number of aryl methyl sites for hydroxylation is 1. The molecule has 2 aromatic rings. The number of anilines is 3. The second kappa shape index (κ2) is 6.24. The maximum absolute atomic E-state index is 12.6. The molecule has 0 spiro atoms. The number of hydrogen-bond donors (Lipinski definition) is 2. The minimum atomic E-state index is -0.165. The number of hydrogen-bond acceptors (Lipinski definition) is 3. The lowest BCUT2D eigenvalue weighted by Gasteiger charge is -2.33. The average molecular weight is 335 g/mol. The molecular formula is C20H21N3O2. The van der Waals surface area contributed by atoms with E-state index in [1.54, 1.807) is 6.07 Å². The van der Waals surface area contributed by atoms with Gasteiger partial charge in [0.25, 0.3) is 5.91 Å². The summed E-state index contributed by atoms with van der Waals surface area (Å²) in [6, 6.07) is 13.3. The van der Waals surface area contributed by atoms with Crippen LogP contribution < -0.4 is 15.5 Å². The molecule has 5 heteroatoms. The van der Waals surface area contributed by atoms with Crippen molar-refractivity contribution in [3.05, 3.63) is 53.6 Å². The number of nitrogens with one attached hydrogen (secondary N) is 2. The van der Waals surface area contributed by atoms with Crippen LogP contribution in [0.25, 0.3) is 0 Å². The quantitative estimate of drug-likeness (QED) is 0.903. The van der Waals surface area contributed by atoms with E-state index in [0.717, 1.165) is 48.4 Å². The summed E-state index contributed by atoms with van der Waals surface area (Å²) in [6.07, 6.45) is 2.77. The van der Waals surface area contributed by atoms with Gasteiger partial charge in [-0.05, 0) is 49.1 Å². The highest BCUT2D eigenvalue weighted by Crippen LogP contribution is 2.37. The van der Waals surface area contributed by atoms with Crippen LogP contribution in [0.1, 0.15) is 35.7 Å². The number of amides is 2. The van der Waals surface area contributed by atoms with Crippen molar-refractivity contribution in [2.45, 2.75) is 32.2 Å². The second-order valence-electron chi connectivity index (χ2n) is 6.54. The normalized spacial score (nSPS) is 18.4. The van der Waals surface area contributed by atoms with Gasteiger partial charge in [0.1, 0.15) is 6.04 Å². The van der Waals surface area contributed by atoms with E-state index >= 15 is 0 Å². The van der Waals surface area contributed by atoms with Gasteiger partial charge in [0, 0.05) is 17.8 Å². The van der Waals surface area contributed by atoms with Crippen LogP contribution in [-0.2, 0) is 11.2 Å². The van der Waals surface area contributed by atoms with Crippen LogP contribution >= 0.6 is 0 Å². The summed E-state index contributed by atoms with van der Waals surface area (Å²) < 4.78 is 0. The van der Waals surface area contributed by atoms with Crippen molar-refractivity contribution in [3.8, 4) is 0 Å². The van der Waals surface area contributed by atoms with Crippen molar-refractivity contribution in [3.63, 3.8) is 0 Å². The Kier molecular flexibility index (Phi) is 3.92. The fourth-order valence-electron chi connectivity index (χ4n) is 3.72. The van der Waals surface area contributed by atoms with Crippen molar-refractivity contribution in [1.29, 1.82) is 0 Å². The first kappa shape index (κ1) is 15.7. The monoisotopic (exact) mass is 335 g/mol. The summed E-state index contributed by atoms with van der Waals surface area (Å²) in [6.45, 7) is 2.95. The Morgan fingerprint density at radius 1 is 1.28 bits per heavy atom. The van der Waals surface area contributed by atoms with Crippen molar-refractivity contribution < 1.29 is 9.59 Å². The van der Waals surface area contributed by atoms with E-state index in [1.165, 1.54) is 0 Å². The summed E-state index contributed by atoms with van der Waals surface area (Å²) in [7, 11) is 0. The third-order valence-corrected chi connectivity index (χ3v) is 5.03. The van der Waals surface area contributed by atoms with Crippen molar-refractivity contribution in [2.75, 3.05) is 22.1 Å². The molecule has 2 heterocycles. The Hall–Kier alpha value is -2.82. The fraction of sp³-hybridized carbons (Fsp3) is 0.300. The summed E-state index contributed by atoms with van der Waals surface area (Å²) in [5.74, 6) is -0.139. The number of carbonyl (C=O) groups excluding carboxylic acids is 2. The highest BCUT2D eigenvalue weighted by atomic mass is 16.2. The van der Waals surface area contributed by atoms with Crippen molar-refractivity contribution in [1.82, 2.24) is 0 Å². The highest BCUT2D eigenvalue weighted by Gasteiger charge is 2.36. The summed E-state index contributed by atoms with van der Waals surface area (Å²) in [5.41, 5.74) is 4.20. The first-order valence-electron chi connectivity index (χ1n) is 8.78. The molecule has 128 valence electrons. The summed E-state index contributed by atoms with van der Waals surface area (Å²) in [4.78, 5) is 27.0. The Bertz CT molecular complexity index is 847.